The minimum atomic E-state index is -3.96. The van der Waals surface area contributed by atoms with Crippen LogP contribution in [0.1, 0.15) is 6.92 Å². The van der Waals surface area contributed by atoms with Crippen LogP contribution in [0.25, 0.3) is 0 Å². The van der Waals surface area contributed by atoms with Crippen molar-refractivity contribution < 1.29 is 17.2 Å². The topological polar surface area (TPSA) is 49.4 Å². The number of halogens is 3. The van der Waals surface area contributed by atoms with Gasteiger partial charge in [0.2, 0.25) is 10.0 Å². The fraction of sp³-hybridized carbons (Fsp3) is 0.455. The molecule has 0 unspecified atom stereocenters. The van der Waals surface area contributed by atoms with E-state index >= 15 is 0 Å². The van der Waals surface area contributed by atoms with Crippen molar-refractivity contribution in [3.05, 3.63) is 28.2 Å². The molecule has 0 amide bonds. The number of rotatable bonds is 2. The van der Waals surface area contributed by atoms with E-state index in [0.717, 1.165) is 6.07 Å². The van der Waals surface area contributed by atoms with Gasteiger partial charge in [0.1, 0.15) is 16.5 Å². The maximum absolute atomic E-state index is 13.7. The zero-order valence-electron chi connectivity index (χ0n) is 10.2. The van der Waals surface area contributed by atoms with Gasteiger partial charge in [-0.1, -0.05) is 0 Å². The lowest BCUT2D eigenvalue weighted by Crippen LogP contribution is -2.52. The van der Waals surface area contributed by atoms with Crippen LogP contribution in [0.2, 0.25) is 0 Å². The van der Waals surface area contributed by atoms with Crippen LogP contribution in [0.3, 0.4) is 0 Å². The summed E-state index contributed by atoms with van der Waals surface area (Å²) in [5.41, 5.74) is 0. The van der Waals surface area contributed by atoms with Crippen molar-refractivity contribution in [2.75, 3.05) is 19.6 Å². The monoisotopic (exact) mass is 354 g/mol. The van der Waals surface area contributed by atoms with Crippen molar-refractivity contribution in [2.24, 2.45) is 0 Å². The molecule has 4 nitrogen and oxygen atoms in total. The molecule has 1 saturated heterocycles. The van der Waals surface area contributed by atoms with Gasteiger partial charge >= 0.3 is 0 Å². The van der Waals surface area contributed by atoms with E-state index in [9.17, 15) is 17.2 Å². The van der Waals surface area contributed by atoms with Gasteiger partial charge < -0.3 is 5.32 Å². The van der Waals surface area contributed by atoms with Gasteiger partial charge in [0.25, 0.3) is 0 Å². The van der Waals surface area contributed by atoms with Gasteiger partial charge in [0.05, 0.1) is 4.47 Å². The Hall–Kier alpha value is -0.570. The van der Waals surface area contributed by atoms with Crippen LogP contribution >= 0.6 is 15.9 Å². The second kappa shape index (κ2) is 5.43. The van der Waals surface area contributed by atoms with Crippen molar-refractivity contribution in [3.63, 3.8) is 0 Å². The molecule has 1 N–H and O–H groups in total. The van der Waals surface area contributed by atoms with Crippen LogP contribution < -0.4 is 5.32 Å². The van der Waals surface area contributed by atoms with Crippen LogP contribution in [0.15, 0.2) is 21.5 Å². The Kier molecular flexibility index (Phi) is 4.24. The van der Waals surface area contributed by atoms with Crippen LogP contribution in [-0.2, 0) is 10.0 Å². The average molecular weight is 355 g/mol. The zero-order chi connectivity index (χ0) is 14.2. The molecular weight excluding hydrogens is 342 g/mol. The van der Waals surface area contributed by atoms with Gasteiger partial charge in [0, 0.05) is 31.7 Å². The molecule has 0 bridgehead atoms. The van der Waals surface area contributed by atoms with Crippen LogP contribution in [0, 0.1) is 11.6 Å². The Labute approximate surface area is 119 Å². The average Bonchev–Trinajstić information content (AvgIpc) is 2.34. The number of benzene rings is 1. The molecule has 8 heteroatoms. The van der Waals surface area contributed by atoms with Gasteiger partial charge in [-0.05, 0) is 28.9 Å². The number of hydrogen-bond acceptors (Lipinski definition) is 3. The molecule has 0 aliphatic carbocycles. The third-order valence-electron chi connectivity index (χ3n) is 3.00. The van der Waals surface area contributed by atoms with Crippen molar-refractivity contribution in [3.8, 4) is 0 Å². The highest BCUT2D eigenvalue weighted by Gasteiger charge is 2.33. The number of hydrogen-bond donors (Lipinski definition) is 1. The van der Waals surface area contributed by atoms with Crippen LogP contribution in [0.4, 0.5) is 8.78 Å². The highest BCUT2D eigenvalue weighted by Crippen LogP contribution is 2.27. The molecule has 0 aromatic heterocycles. The number of piperazine rings is 1. The van der Waals surface area contributed by atoms with E-state index in [1.807, 2.05) is 0 Å². The number of sulfonamides is 1. The maximum Gasteiger partial charge on any atom is 0.246 e. The van der Waals surface area contributed by atoms with Gasteiger partial charge in [-0.2, -0.15) is 4.31 Å². The lowest BCUT2D eigenvalue weighted by molar-refractivity contribution is 0.283. The largest absolute Gasteiger partial charge is 0.314 e. The van der Waals surface area contributed by atoms with E-state index in [1.165, 1.54) is 4.31 Å². The van der Waals surface area contributed by atoms with Gasteiger partial charge in [0.15, 0.2) is 0 Å². The molecule has 1 aromatic rings. The van der Waals surface area contributed by atoms with Crippen molar-refractivity contribution in [1.82, 2.24) is 9.62 Å². The summed E-state index contributed by atoms with van der Waals surface area (Å²) >= 11 is 2.87. The smallest absolute Gasteiger partial charge is 0.246 e. The van der Waals surface area contributed by atoms with Gasteiger partial charge in [-0.15, -0.1) is 0 Å². The molecule has 1 aliphatic rings. The van der Waals surface area contributed by atoms with E-state index in [1.54, 1.807) is 6.92 Å². The first-order valence-corrected chi connectivity index (χ1v) is 7.94. The first-order valence-electron chi connectivity index (χ1n) is 5.71. The van der Waals surface area contributed by atoms with Crippen molar-refractivity contribution in [2.45, 2.75) is 17.9 Å². The van der Waals surface area contributed by atoms with E-state index in [2.05, 4.69) is 21.2 Å². The highest BCUT2D eigenvalue weighted by molar-refractivity contribution is 9.10. The molecule has 0 spiro atoms. The molecule has 1 aliphatic heterocycles. The molecular formula is C11H13BrF2N2O2S. The highest BCUT2D eigenvalue weighted by atomic mass is 79.9. The Morgan fingerprint density at radius 3 is 2.68 bits per heavy atom. The van der Waals surface area contributed by atoms with Crippen LogP contribution in [-0.4, -0.2) is 38.4 Å². The molecule has 1 fully saturated rings. The van der Waals surface area contributed by atoms with Gasteiger partial charge in [-0.3, -0.25) is 0 Å². The second-order valence-electron chi connectivity index (χ2n) is 4.37. The maximum atomic E-state index is 13.7. The van der Waals surface area contributed by atoms with Gasteiger partial charge in [-0.25, -0.2) is 17.2 Å². The summed E-state index contributed by atoms with van der Waals surface area (Å²) in [6.45, 7) is 3.01. The predicted octanol–water partition coefficient (Wildman–Crippen LogP) is 1.71. The third kappa shape index (κ3) is 2.81. The zero-order valence-corrected chi connectivity index (χ0v) is 12.6. The number of nitrogens with one attached hydrogen (secondary N) is 1. The number of nitrogens with zero attached hydrogens (tertiary/aromatic N) is 1. The molecule has 106 valence electrons. The standard InChI is InChI=1S/C11H13BrF2N2O2S/c1-7-6-15-2-3-16(7)19(17,18)11-4-8(12)9(13)5-10(11)14/h4-5,7,15H,2-3,6H2,1H3/t7-/m0/s1. The summed E-state index contributed by atoms with van der Waals surface area (Å²) in [7, 11) is -3.96. The Morgan fingerprint density at radius 2 is 2.05 bits per heavy atom. The van der Waals surface area contributed by atoms with E-state index in [4.69, 9.17) is 0 Å². The Bertz CT molecular complexity index is 595. The van der Waals surface area contributed by atoms with E-state index in [-0.39, 0.29) is 17.1 Å². The molecule has 1 aromatic carbocycles. The summed E-state index contributed by atoms with van der Waals surface area (Å²) in [5, 5.41) is 3.05. The fourth-order valence-corrected chi connectivity index (χ4v) is 4.21. The lowest BCUT2D eigenvalue weighted by Gasteiger charge is -2.32. The second-order valence-corrected chi connectivity index (χ2v) is 7.08. The predicted molar refractivity (Wildman–Crippen MR) is 70.3 cm³/mol. The van der Waals surface area contributed by atoms with E-state index in [0.29, 0.717) is 19.2 Å². The SMILES string of the molecule is C[C@H]1CNCCN1S(=O)(=O)c1cc(Br)c(F)cc1F. The lowest BCUT2D eigenvalue weighted by atomic mass is 10.3. The summed E-state index contributed by atoms with van der Waals surface area (Å²) in [4.78, 5) is -0.505. The quantitative estimate of drug-likeness (QED) is 0.822. The van der Waals surface area contributed by atoms with Crippen molar-refractivity contribution in [1.29, 1.82) is 0 Å². The van der Waals surface area contributed by atoms with E-state index < -0.39 is 26.6 Å². The Morgan fingerprint density at radius 1 is 1.37 bits per heavy atom. The molecule has 1 heterocycles. The normalized spacial score (nSPS) is 21.6. The van der Waals surface area contributed by atoms with Crippen molar-refractivity contribution >= 4 is 26.0 Å². The minimum Gasteiger partial charge on any atom is -0.314 e. The molecule has 0 saturated carbocycles. The summed E-state index contributed by atoms with van der Waals surface area (Å²) in [6, 6.07) is 1.26. The molecule has 0 radical (unpaired) electrons. The molecule has 2 rings (SSSR count). The summed E-state index contributed by atoms with van der Waals surface area (Å²) in [5.74, 6) is -1.91. The summed E-state index contributed by atoms with van der Waals surface area (Å²) in [6.07, 6.45) is 0. The summed E-state index contributed by atoms with van der Waals surface area (Å²) < 4.78 is 52.8. The van der Waals surface area contributed by atoms with Crippen LogP contribution in [0.5, 0.6) is 0 Å². The minimum absolute atomic E-state index is 0.0738. The fourth-order valence-electron chi connectivity index (χ4n) is 2.01. The first-order chi connectivity index (χ1) is 8.84. The first kappa shape index (κ1) is 14.8. The Balaban J connectivity index is 2.47. The molecule has 1 atom stereocenters. The third-order valence-corrected chi connectivity index (χ3v) is 5.64. The molecule has 19 heavy (non-hydrogen) atoms.